The molecule has 4 nitrogen and oxygen atoms in total. The van der Waals surface area contributed by atoms with Crippen LogP contribution in [0.5, 0.6) is 0 Å². The maximum absolute atomic E-state index is 12.9. The smallest absolute Gasteiger partial charge is 0.227 e. The van der Waals surface area contributed by atoms with Gasteiger partial charge in [0.15, 0.2) is 0 Å². The van der Waals surface area contributed by atoms with E-state index in [1.165, 1.54) is 17.7 Å². The third kappa shape index (κ3) is 5.01. The first-order valence-electron chi connectivity index (χ1n) is 8.27. The number of aromatic nitrogens is 2. The largest absolute Gasteiger partial charge is 0.370 e. The zero-order valence-corrected chi connectivity index (χ0v) is 14.2. The zero-order valence-electron chi connectivity index (χ0n) is 14.2. The molecule has 0 unspecified atom stereocenters. The first-order chi connectivity index (χ1) is 12.2. The van der Waals surface area contributed by atoms with E-state index < -0.39 is 0 Å². The monoisotopic (exact) mass is 336 g/mol. The number of rotatable bonds is 7. The minimum atomic E-state index is -0.210. The van der Waals surface area contributed by atoms with Gasteiger partial charge in [-0.1, -0.05) is 42.5 Å². The molecule has 0 fully saturated rings. The fourth-order valence-corrected chi connectivity index (χ4v) is 2.54. The predicted molar refractivity (Wildman–Crippen MR) is 99.2 cm³/mol. The Morgan fingerprint density at radius 2 is 1.72 bits per heavy atom. The van der Waals surface area contributed by atoms with E-state index in [2.05, 4.69) is 27.4 Å². The van der Waals surface area contributed by atoms with Gasteiger partial charge in [0.2, 0.25) is 5.95 Å². The predicted octanol–water partition coefficient (Wildman–Crippen LogP) is 3.91. The van der Waals surface area contributed by atoms with Crippen LogP contribution in [0.25, 0.3) is 0 Å². The summed E-state index contributed by atoms with van der Waals surface area (Å²) in [6.45, 7) is 1.48. The Kier molecular flexibility index (Phi) is 5.57. The van der Waals surface area contributed by atoms with Crippen LogP contribution in [-0.4, -0.2) is 23.6 Å². The molecule has 5 heteroatoms. The topological polar surface area (TPSA) is 41.1 Å². The van der Waals surface area contributed by atoms with Crippen LogP contribution in [0.4, 0.5) is 16.2 Å². The van der Waals surface area contributed by atoms with Gasteiger partial charge in [-0.15, -0.1) is 0 Å². The minimum absolute atomic E-state index is 0.210. The highest BCUT2D eigenvalue weighted by Crippen LogP contribution is 2.13. The van der Waals surface area contributed by atoms with Gasteiger partial charge in [0.25, 0.3) is 0 Å². The van der Waals surface area contributed by atoms with Crippen molar-refractivity contribution in [2.75, 3.05) is 23.8 Å². The number of nitrogens with one attached hydrogen (secondary N) is 1. The molecule has 0 spiro atoms. The molecule has 2 aromatic carbocycles. The summed E-state index contributed by atoms with van der Waals surface area (Å²) in [6.07, 6.45) is 2.56. The molecule has 0 aliphatic heterocycles. The molecule has 1 N–H and O–H groups in total. The first kappa shape index (κ1) is 16.9. The van der Waals surface area contributed by atoms with Crippen molar-refractivity contribution in [1.82, 2.24) is 9.97 Å². The molecule has 0 aliphatic rings. The highest BCUT2D eigenvalue weighted by Gasteiger charge is 2.06. The van der Waals surface area contributed by atoms with E-state index in [9.17, 15) is 4.39 Å². The third-order valence-electron chi connectivity index (χ3n) is 3.88. The lowest BCUT2D eigenvalue weighted by molar-refractivity contribution is 0.627. The lowest BCUT2D eigenvalue weighted by Crippen LogP contribution is -2.19. The van der Waals surface area contributed by atoms with E-state index in [0.29, 0.717) is 5.95 Å². The normalized spacial score (nSPS) is 10.5. The fourth-order valence-electron chi connectivity index (χ4n) is 2.54. The van der Waals surface area contributed by atoms with Crippen LogP contribution in [0, 0.1) is 5.82 Å². The van der Waals surface area contributed by atoms with E-state index in [4.69, 9.17) is 0 Å². The molecule has 3 aromatic rings. The number of benzene rings is 2. The average molecular weight is 336 g/mol. The van der Waals surface area contributed by atoms with Gasteiger partial charge in [-0.05, 0) is 35.7 Å². The second kappa shape index (κ2) is 8.24. The highest BCUT2D eigenvalue weighted by molar-refractivity contribution is 5.41. The summed E-state index contributed by atoms with van der Waals surface area (Å²) in [7, 11) is 1.98. The van der Waals surface area contributed by atoms with Crippen LogP contribution in [-0.2, 0) is 13.0 Å². The highest BCUT2D eigenvalue weighted by atomic mass is 19.1. The average Bonchev–Trinajstić information content (AvgIpc) is 2.64. The van der Waals surface area contributed by atoms with Crippen molar-refractivity contribution in [2.24, 2.45) is 0 Å². The van der Waals surface area contributed by atoms with Gasteiger partial charge in [-0.25, -0.2) is 9.37 Å². The van der Waals surface area contributed by atoms with Gasteiger partial charge in [-0.3, -0.25) is 0 Å². The molecular weight excluding hydrogens is 315 g/mol. The summed E-state index contributed by atoms with van der Waals surface area (Å²) in [5.74, 6) is 1.25. The molecule has 128 valence electrons. The second-order valence-electron chi connectivity index (χ2n) is 5.89. The molecule has 0 saturated heterocycles. The van der Waals surface area contributed by atoms with Crippen LogP contribution < -0.4 is 10.2 Å². The molecule has 0 saturated carbocycles. The quantitative estimate of drug-likeness (QED) is 0.710. The van der Waals surface area contributed by atoms with Crippen molar-refractivity contribution in [2.45, 2.75) is 13.0 Å². The van der Waals surface area contributed by atoms with Gasteiger partial charge in [0, 0.05) is 26.3 Å². The summed E-state index contributed by atoms with van der Waals surface area (Å²) in [5.41, 5.74) is 2.30. The summed E-state index contributed by atoms with van der Waals surface area (Å²) in [6, 6.07) is 18.6. The number of anilines is 2. The van der Waals surface area contributed by atoms with Crippen molar-refractivity contribution in [1.29, 1.82) is 0 Å². The Morgan fingerprint density at radius 1 is 0.960 bits per heavy atom. The van der Waals surface area contributed by atoms with Gasteiger partial charge in [0.1, 0.15) is 11.6 Å². The molecular formula is C20H21FN4. The van der Waals surface area contributed by atoms with Gasteiger partial charge in [0.05, 0.1) is 0 Å². The van der Waals surface area contributed by atoms with E-state index in [0.717, 1.165) is 30.9 Å². The lowest BCUT2D eigenvalue weighted by atomic mass is 10.1. The number of halogens is 1. The Labute approximate surface area is 147 Å². The van der Waals surface area contributed by atoms with E-state index in [-0.39, 0.29) is 5.82 Å². The van der Waals surface area contributed by atoms with E-state index in [1.807, 2.05) is 36.2 Å². The van der Waals surface area contributed by atoms with Gasteiger partial charge < -0.3 is 10.2 Å². The van der Waals surface area contributed by atoms with Crippen LogP contribution >= 0.6 is 0 Å². The molecule has 0 bridgehead atoms. The van der Waals surface area contributed by atoms with Crippen molar-refractivity contribution in [3.8, 4) is 0 Å². The van der Waals surface area contributed by atoms with Crippen molar-refractivity contribution in [3.63, 3.8) is 0 Å². The molecule has 0 atom stereocenters. The summed E-state index contributed by atoms with van der Waals surface area (Å²) >= 11 is 0. The summed E-state index contributed by atoms with van der Waals surface area (Å²) in [5, 5.41) is 3.30. The molecule has 1 heterocycles. The van der Waals surface area contributed by atoms with E-state index in [1.54, 1.807) is 18.3 Å². The molecule has 0 radical (unpaired) electrons. The van der Waals surface area contributed by atoms with Gasteiger partial charge >= 0.3 is 0 Å². The molecule has 25 heavy (non-hydrogen) atoms. The fraction of sp³-hybridized carbons (Fsp3) is 0.200. The SMILES string of the molecule is CN(Cc1ccccc1)c1nccc(NCCc2ccc(F)cc2)n1. The Balaban J connectivity index is 1.56. The summed E-state index contributed by atoms with van der Waals surface area (Å²) in [4.78, 5) is 10.9. The van der Waals surface area contributed by atoms with Crippen LogP contribution in [0.3, 0.4) is 0 Å². The maximum atomic E-state index is 12.9. The van der Waals surface area contributed by atoms with E-state index >= 15 is 0 Å². The Morgan fingerprint density at radius 3 is 2.48 bits per heavy atom. The van der Waals surface area contributed by atoms with Crippen molar-refractivity contribution >= 4 is 11.8 Å². The molecule has 3 rings (SSSR count). The van der Waals surface area contributed by atoms with Crippen LogP contribution in [0.15, 0.2) is 66.9 Å². The third-order valence-corrected chi connectivity index (χ3v) is 3.88. The van der Waals surface area contributed by atoms with Crippen molar-refractivity contribution < 1.29 is 4.39 Å². The minimum Gasteiger partial charge on any atom is -0.370 e. The molecule has 1 aromatic heterocycles. The number of hydrogen-bond acceptors (Lipinski definition) is 4. The van der Waals surface area contributed by atoms with Crippen LogP contribution in [0.2, 0.25) is 0 Å². The number of nitrogens with zero attached hydrogens (tertiary/aromatic N) is 3. The van der Waals surface area contributed by atoms with Crippen molar-refractivity contribution in [3.05, 3.63) is 83.8 Å². The molecule has 0 aliphatic carbocycles. The maximum Gasteiger partial charge on any atom is 0.227 e. The van der Waals surface area contributed by atoms with Gasteiger partial charge in [-0.2, -0.15) is 4.98 Å². The van der Waals surface area contributed by atoms with Crippen LogP contribution in [0.1, 0.15) is 11.1 Å². The first-order valence-corrected chi connectivity index (χ1v) is 8.27. The zero-order chi connectivity index (χ0) is 17.5. The number of hydrogen-bond donors (Lipinski definition) is 1. The Hall–Kier alpha value is -2.95. The lowest BCUT2D eigenvalue weighted by Gasteiger charge is -2.17. The molecule has 0 amide bonds. The standard InChI is InChI=1S/C20H21FN4/c1-25(15-17-5-3-2-4-6-17)20-23-14-12-19(24-20)22-13-11-16-7-9-18(21)10-8-16/h2-10,12,14H,11,13,15H2,1H3,(H,22,23,24). The summed E-state index contributed by atoms with van der Waals surface area (Å²) < 4.78 is 12.9. The Bertz CT molecular complexity index is 790. The second-order valence-corrected chi connectivity index (χ2v) is 5.89.